The van der Waals surface area contributed by atoms with Crippen LogP contribution in [0.5, 0.6) is 0 Å². The molecular weight excluding hydrogens is 360 g/mol. The molecule has 0 aliphatic rings. The van der Waals surface area contributed by atoms with Gasteiger partial charge < -0.3 is 4.74 Å². The highest BCUT2D eigenvalue weighted by Gasteiger charge is 2.11. The molecule has 0 saturated heterocycles. The third-order valence-electron chi connectivity index (χ3n) is 3.54. The van der Waals surface area contributed by atoms with Crippen molar-refractivity contribution >= 4 is 32.8 Å². The van der Waals surface area contributed by atoms with E-state index >= 15 is 0 Å². The maximum Gasteiger partial charge on any atom is 0.337 e. The van der Waals surface area contributed by atoms with Gasteiger partial charge in [-0.15, -0.1) is 0 Å². The highest BCUT2D eigenvalue weighted by atomic mass is 79.9. The van der Waals surface area contributed by atoms with Gasteiger partial charge in [0.05, 0.1) is 29.3 Å². The number of ether oxygens (including phenoxy) is 1. The number of hydrogen-bond acceptors (Lipinski definition) is 4. The van der Waals surface area contributed by atoms with E-state index in [1.165, 1.54) is 11.7 Å². The second kappa shape index (κ2) is 5.96. The lowest BCUT2D eigenvalue weighted by molar-refractivity contribution is 0.0601. The van der Waals surface area contributed by atoms with Crippen LogP contribution in [0.3, 0.4) is 0 Å². The summed E-state index contributed by atoms with van der Waals surface area (Å²) in [7, 11) is 1.33. The quantitative estimate of drug-likeness (QED) is 0.647. The number of hydrogen-bond donors (Lipinski definition) is 0. The Bertz CT molecular complexity index is 962. The molecule has 0 amide bonds. The monoisotopic (exact) mass is 372 g/mol. The summed E-state index contributed by atoms with van der Waals surface area (Å²) < 4.78 is 7.02. The summed E-state index contributed by atoms with van der Waals surface area (Å²) in [5.74, 6) is 0.164. The first kappa shape index (κ1) is 15.4. The first-order valence-electron chi connectivity index (χ1n) is 6.89. The van der Waals surface area contributed by atoms with Gasteiger partial charge in [-0.25, -0.2) is 9.78 Å². The minimum Gasteiger partial charge on any atom is -0.465 e. The van der Waals surface area contributed by atoms with Crippen LogP contribution in [0.1, 0.15) is 16.2 Å². The van der Waals surface area contributed by atoms with Gasteiger partial charge in [-0.2, -0.15) is 0 Å². The molecule has 0 unspecified atom stereocenters. The number of benzene rings is 2. The third-order valence-corrected chi connectivity index (χ3v) is 4.04. The zero-order chi connectivity index (χ0) is 16.6. The molecule has 5 nitrogen and oxygen atoms in total. The predicted octanol–water partition coefficient (Wildman–Crippen LogP) is 3.24. The SMILES string of the molecule is COC(=O)c1ccc(-n2c(C)nc3ccc(Br)cc3c2=O)cc1. The van der Waals surface area contributed by atoms with Crippen molar-refractivity contribution < 1.29 is 9.53 Å². The van der Waals surface area contributed by atoms with Crippen LogP contribution in [0.25, 0.3) is 16.6 Å². The molecule has 0 N–H and O–H groups in total. The van der Waals surface area contributed by atoms with Gasteiger partial charge in [-0.1, -0.05) is 15.9 Å². The van der Waals surface area contributed by atoms with E-state index in [9.17, 15) is 9.59 Å². The number of rotatable bonds is 2. The number of aryl methyl sites for hydroxylation is 1. The van der Waals surface area contributed by atoms with E-state index in [1.54, 1.807) is 43.3 Å². The van der Waals surface area contributed by atoms with Crippen molar-refractivity contribution in [3.63, 3.8) is 0 Å². The van der Waals surface area contributed by atoms with Gasteiger partial charge in [0.25, 0.3) is 5.56 Å². The van der Waals surface area contributed by atoms with E-state index in [-0.39, 0.29) is 5.56 Å². The fourth-order valence-corrected chi connectivity index (χ4v) is 2.80. The summed E-state index contributed by atoms with van der Waals surface area (Å²) in [6.45, 7) is 1.77. The molecule has 3 rings (SSSR count). The smallest absolute Gasteiger partial charge is 0.337 e. The average Bonchev–Trinajstić information content (AvgIpc) is 2.55. The third kappa shape index (κ3) is 2.77. The Morgan fingerprint density at radius 2 is 1.87 bits per heavy atom. The normalized spacial score (nSPS) is 10.7. The molecule has 0 aliphatic heterocycles. The van der Waals surface area contributed by atoms with Gasteiger partial charge in [0.1, 0.15) is 5.82 Å². The summed E-state index contributed by atoms with van der Waals surface area (Å²) in [6.07, 6.45) is 0. The maximum atomic E-state index is 12.8. The Labute approximate surface area is 140 Å². The minimum absolute atomic E-state index is 0.153. The van der Waals surface area contributed by atoms with E-state index in [0.29, 0.717) is 28.0 Å². The minimum atomic E-state index is -0.416. The summed E-state index contributed by atoms with van der Waals surface area (Å²) in [5.41, 5.74) is 1.57. The summed E-state index contributed by atoms with van der Waals surface area (Å²) >= 11 is 3.37. The fraction of sp³-hybridized carbons (Fsp3) is 0.118. The molecule has 6 heteroatoms. The topological polar surface area (TPSA) is 61.2 Å². The number of carbonyl (C=O) groups is 1. The summed E-state index contributed by atoms with van der Waals surface area (Å²) in [5, 5.41) is 0.530. The van der Waals surface area contributed by atoms with Crippen molar-refractivity contribution in [1.29, 1.82) is 0 Å². The number of halogens is 1. The average molecular weight is 373 g/mol. The molecule has 1 heterocycles. The van der Waals surface area contributed by atoms with Crippen molar-refractivity contribution in [3.05, 3.63) is 68.7 Å². The molecular formula is C17H13BrN2O3. The Kier molecular flexibility index (Phi) is 4.00. The number of esters is 1. The van der Waals surface area contributed by atoms with Crippen molar-refractivity contribution in [1.82, 2.24) is 9.55 Å². The van der Waals surface area contributed by atoms with Gasteiger partial charge in [-0.3, -0.25) is 9.36 Å². The molecule has 0 fully saturated rings. The van der Waals surface area contributed by atoms with E-state index < -0.39 is 5.97 Å². The second-order valence-electron chi connectivity index (χ2n) is 5.00. The molecule has 0 bridgehead atoms. The Morgan fingerprint density at radius 1 is 1.17 bits per heavy atom. The van der Waals surface area contributed by atoms with Gasteiger partial charge in [0.15, 0.2) is 0 Å². The molecule has 0 aliphatic carbocycles. The molecule has 0 spiro atoms. The maximum absolute atomic E-state index is 12.8. The molecule has 116 valence electrons. The van der Waals surface area contributed by atoms with Crippen LogP contribution in [0.4, 0.5) is 0 Å². The van der Waals surface area contributed by atoms with Crippen LogP contribution in [0.2, 0.25) is 0 Å². The largest absolute Gasteiger partial charge is 0.465 e. The molecule has 23 heavy (non-hydrogen) atoms. The Balaban J connectivity index is 2.19. The fourth-order valence-electron chi connectivity index (χ4n) is 2.44. The van der Waals surface area contributed by atoms with Crippen LogP contribution in [-0.4, -0.2) is 22.6 Å². The van der Waals surface area contributed by atoms with Gasteiger partial charge in [0, 0.05) is 4.47 Å². The number of aromatic nitrogens is 2. The van der Waals surface area contributed by atoms with Crippen LogP contribution >= 0.6 is 15.9 Å². The lowest BCUT2D eigenvalue weighted by Crippen LogP contribution is -2.22. The van der Waals surface area contributed by atoms with Crippen molar-refractivity contribution in [2.75, 3.05) is 7.11 Å². The van der Waals surface area contributed by atoms with Crippen LogP contribution in [0, 0.1) is 6.92 Å². The van der Waals surface area contributed by atoms with Gasteiger partial charge in [0.2, 0.25) is 0 Å². The zero-order valence-corrected chi connectivity index (χ0v) is 14.1. The number of nitrogens with zero attached hydrogens (tertiary/aromatic N) is 2. The van der Waals surface area contributed by atoms with E-state index in [4.69, 9.17) is 0 Å². The molecule has 2 aromatic carbocycles. The molecule has 0 radical (unpaired) electrons. The number of methoxy groups -OCH3 is 1. The van der Waals surface area contributed by atoms with Crippen molar-refractivity contribution in [2.24, 2.45) is 0 Å². The van der Waals surface area contributed by atoms with Crippen molar-refractivity contribution in [2.45, 2.75) is 6.92 Å². The summed E-state index contributed by atoms with van der Waals surface area (Å²) in [4.78, 5) is 28.8. The standard InChI is InChI=1S/C17H13BrN2O3/c1-10-19-15-8-5-12(18)9-14(15)16(21)20(10)13-6-3-11(4-7-13)17(22)23-2/h3-9H,1-2H3. The van der Waals surface area contributed by atoms with Crippen LogP contribution in [-0.2, 0) is 4.74 Å². The molecule has 0 saturated carbocycles. The highest BCUT2D eigenvalue weighted by molar-refractivity contribution is 9.10. The predicted molar refractivity (Wildman–Crippen MR) is 91.1 cm³/mol. The van der Waals surface area contributed by atoms with E-state index in [0.717, 1.165) is 4.47 Å². The van der Waals surface area contributed by atoms with E-state index in [1.807, 2.05) is 6.07 Å². The lowest BCUT2D eigenvalue weighted by atomic mass is 10.2. The van der Waals surface area contributed by atoms with E-state index in [2.05, 4.69) is 25.7 Å². The first-order valence-corrected chi connectivity index (χ1v) is 7.68. The number of carbonyl (C=O) groups excluding carboxylic acids is 1. The second-order valence-corrected chi connectivity index (χ2v) is 5.92. The van der Waals surface area contributed by atoms with Gasteiger partial charge >= 0.3 is 5.97 Å². The highest BCUT2D eigenvalue weighted by Crippen LogP contribution is 2.18. The summed E-state index contributed by atoms with van der Waals surface area (Å²) in [6, 6.07) is 12.1. The van der Waals surface area contributed by atoms with Crippen molar-refractivity contribution in [3.8, 4) is 5.69 Å². The van der Waals surface area contributed by atoms with Gasteiger partial charge in [-0.05, 0) is 49.4 Å². The van der Waals surface area contributed by atoms with Crippen LogP contribution in [0.15, 0.2) is 51.7 Å². The molecule has 0 atom stereocenters. The Morgan fingerprint density at radius 3 is 2.52 bits per heavy atom. The Hall–Kier alpha value is -2.47. The zero-order valence-electron chi connectivity index (χ0n) is 12.5. The molecule has 1 aromatic heterocycles. The van der Waals surface area contributed by atoms with Crippen LogP contribution < -0.4 is 5.56 Å². The number of fused-ring (bicyclic) bond motifs is 1. The lowest BCUT2D eigenvalue weighted by Gasteiger charge is -2.11. The molecule has 3 aromatic rings. The first-order chi connectivity index (χ1) is 11.0.